The molecule has 4 rings (SSSR count). The Morgan fingerprint density at radius 3 is 2.65 bits per heavy atom. The van der Waals surface area contributed by atoms with E-state index in [1.165, 1.54) is 11.1 Å². The predicted molar refractivity (Wildman–Crippen MR) is 101 cm³/mol. The highest BCUT2D eigenvalue weighted by atomic mass is 16.2. The van der Waals surface area contributed by atoms with Gasteiger partial charge in [0.15, 0.2) is 0 Å². The number of nitrogens with zero attached hydrogens (tertiary/aromatic N) is 4. The van der Waals surface area contributed by atoms with Crippen LogP contribution in [0.25, 0.3) is 0 Å². The third kappa shape index (κ3) is 3.05. The molecule has 0 saturated carbocycles. The van der Waals surface area contributed by atoms with Crippen LogP contribution < -0.4 is 10.6 Å². The number of aryl methyl sites for hydroxylation is 1. The highest BCUT2D eigenvalue weighted by Gasteiger charge is 2.27. The summed E-state index contributed by atoms with van der Waals surface area (Å²) in [6.45, 7) is 6.94. The van der Waals surface area contributed by atoms with Crippen LogP contribution >= 0.6 is 0 Å². The van der Waals surface area contributed by atoms with Crippen LogP contribution in [0.1, 0.15) is 39.4 Å². The first-order valence-corrected chi connectivity index (χ1v) is 9.24. The Kier molecular flexibility index (Phi) is 4.36. The molecule has 0 aliphatic carbocycles. The Morgan fingerprint density at radius 2 is 1.92 bits per heavy atom. The fourth-order valence-corrected chi connectivity index (χ4v) is 3.81. The maximum absolute atomic E-state index is 13.1. The standard InChI is InChI=1S/C20H25N5O/c1-13-14(2)22-18(23-19(13)24-10-8-17(21)12-24)20(26)25-9-7-15-5-3-4-6-16(15)11-25/h3-6,17H,7-12,21H2,1-2H3/t17-/m1/s1. The van der Waals surface area contributed by atoms with E-state index in [9.17, 15) is 4.79 Å². The molecule has 3 heterocycles. The normalized spacial score (nSPS) is 19.6. The number of aromatic nitrogens is 2. The average molecular weight is 351 g/mol. The largest absolute Gasteiger partial charge is 0.355 e. The van der Waals surface area contributed by atoms with Crippen molar-refractivity contribution in [3.8, 4) is 0 Å². The first kappa shape index (κ1) is 17.0. The summed E-state index contributed by atoms with van der Waals surface area (Å²) in [6.07, 6.45) is 1.83. The average Bonchev–Trinajstić information content (AvgIpc) is 3.09. The van der Waals surface area contributed by atoms with E-state index < -0.39 is 0 Å². The number of carbonyl (C=O) groups excluding carboxylic acids is 1. The lowest BCUT2D eigenvalue weighted by molar-refractivity contribution is 0.0722. The highest BCUT2D eigenvalue weighted by molar-refractivity contribution is 5.91. The Bertz CT molecular complexity index is 850. The molecule has 136 valence electrons. The summed E-state index contributed by atoms with van der Waals surface area (Å²) in [7, 11) is 0. The maximum atomic E-state index is 13.1. The molecule has 6 nitrogen and oxygen atoms in total. The van der Waals surface area contributed by atoms with Gasteiger partial charge in [-0.3, -0.25) is 4.79 Å². The molecule has 1 fully saturated rings. The molecule has 2 aliphatic rings. The van der Waals surface area contributed by atoms with Crippen LogP contribution in [0.5, 0.6) is 0 Å². The van der Waals surface area contributed by atoms with Crippen molar-refractivity contribution in [2.75, 3.05) is 24.5 Å². The van der Waals surface area contributed by atoms with Gasteiger partial charge in [-0.15, -0.1) is 0 Å². The van der Waals surface area contributed by atoms with Gasteiger partial charge >= 0.3 is 0 Å². The summed E-state index contributed by atoms with van der Waals surface area (Å²) in [6, 6.07) is 8.47. The number of carbonyl (C=O) groups is 1. The molecule has 1 amide bonds. The summed E-state index contributed by atoms with van der Waals surface area (Å²) in [5, 5.41) is 0. The van der Waals surface area contributed by atoms with E-state index in [0.29, 0.717) is 18.9 Å². The maximum Gasteiger partial charge on any atom is 0.292 e. The molecular formula is C20H25N5O. The predicted octanol–water partition coefficient (Wildman–Crippen LogP) is 1.83. The molecule has 0 spiro atoms. The zero-order valence-electron chi connectivity index (χ0n) is 15.4. The molecule has 26 heavy (non-hydrogen) atoms. The zero-order valence-corrected chi connectivity index (χ0v) is 15.4. The summed E-state index contributed by atoms with van der Waals surface area (Å²) >= 11 is 0. The number of rotatable bonds is 2. The van der Waals surface area contributed by atoms with Crippen molar-refractivity contribution in [1.29, 1.82) is 0 Å². The molecule has 0 radical (unpaired) electrons. The van der Waals surface area contributed by atoms with E-state index in [1.54, 1.807) is 0 Å². The Labute approximate surface area is 154 Å². The Balaban J connectivity index is 1.61. The molecule has 1 atom stereocenters. The quantitative estimate of drug-likeness (QED) is 0.893. The number of hydrogen-bond acceptors (Lipinski definition) is 5. The van der Waals surface area contributed by atoms with Crippen molar-refractivity contribution >= 4 is 11.7 Å². The van der Waals surface area contributed by atoms with Gasteiger partial charge in [-0.2, -0.15) is 0 Å². The summed E-state index contributed by atoms with van der Waals surface area (Å²) in [5.74, 6) is 1.06. The second-order valence-electron chi connectivity index (χ2n) is 7.32. The number of fused-ring (bicyclic) bond motifs is 1. The fourth-order valence-electron chi connectivity index (χ4n) is 3.81. The van der Waals surface area contributed by atoms with Gasteiger partial charge in [0, 0.05) is 43.5 Å². The molecule has 2 aromatic rings. The van der Waals surface area contributed by atoms with Crippen molar-refractivity contribution in [3.05, 3.63) is 52.5 Å². The molecule has 0 unspecified atom stereocenters. The van der Waals surface area contributed by atoms with Crippen LogP contribution in [0.2, 0.25) is 0 Å². The van der Waals surface area contributed by atoms with Crippen molar-refractivity contribution in [3.63, 3.8) is 0 Å². The van der Waals surface area contributed by atoms with Crippen LogP contribution in [0, 0.1) is 13.8 Å². The van der Waals surface area contributed by atoms with Crippen molar-refractivity contribution in [2.24, 2.45) is 5.73 Å². The Hall–Kier alpha value is -2.47. The lowest BCUT2D eigenvalue weighted by Crippen LogP contribution is -2.37. The SMILES string of the molecule is Cc1nc(C(=O)N2CCc3ccccc3C2)nc(N2CC[C@@H](N)C2)c1C. The Morgan fingerprint density at radius 1 is 1.15 bits per heavy atom. The van der Waals surface area contributed by atoms with Gasteiger partial charge in [-0.1, -0.05) is 24.3 Å². The van der Waals surface area contributed by atoms with E-state index in [2.05, 4.69) is 33.1 Å². The summed E-state index contributed by atoms with van der Waals surface area (Å²) in [4.78, 5) is 26.2. The lowest BCUT2D eigenvalue weighted by Gasteiger charge is -2.29. The first-order valence-electron chi connectivity index (χ1n) is 9.24. The van der Waals surface area contributed by atoms with E-state index in [4.69, 9.17) is 5.73 Å². The van der Waals surface area contributed by atoms with E-state index in [0.717, 1.165) is 43.0 Å². The topological polar surface area (TPSA) is 75.4 Å². The van der Waals surface area contributed by atoms with Crippen molar-refractivity contribution in [2.45, 2.75) is 39.3 Å². The van der Waals surface area contributed by atoms with E-state index >= 15 is 0 Å². The van der Waals surface area contributed by atoms with Crippen LogP contribution in [-0.4, -0.2) is 46.5 Å². The number of anilines is 1. The minimum Gasteiger partial charge on any atom is -0.355 e. The number of amides is 1. The first-order chi connectivity index (χ1) is 12.5. The van der Waals surface area contributed by atoms with E-state index in [1.807, 2.05) is 24.8 Å². The molecule has 1 saturated heterocycles. The molecule has 1 aromatic carbocycles. The van der Waals surface area contributed by atoms with Gasteiger partial charge in [0.05, 0.1) is 0 Å². The summed E-state index contributed by atoms with van der Waals surface area (Å²) in [5.41, 5.74) is 10.5. The van der Waals surface area contributed by atoms with Gasteiger partial charge in [0.2, 0.25) is 5.82 Å². The van der Waals surface area contributed by atoms with Gasteiger partial charge in [-0.25, -0.2) is 9.97 Å². The third-order valence-electron chi connectivity index (χ3n) is 5.50. The monoisotopic (exact) mass is 351 g/mol. The fraction of sp³-hybridized carbons (Fsp3) is 0.450. The van der Waals surface area contributed by atoms with Crippen LogP contribution in [0.15, 0.2) is 24.3 Å². The summed E-state index contributed by atoms with van der Waals surface area (Å²) < 4.78 is 0. The third-order valence-corrected chi connectivity index (χ3v) is 5.50. The molecular weight excluding hydrogens is 326 g/mol. The van der Waals surface area contributed by atoms with Crippen molar-refractivity contribution < 1.29 is 4.79 Å². The smallest absolute Gasteiger partial charge is 0.292 e. The van der Waals surface area contributed by atoms with Crippen LogP contribution in [-0.2, 0) is 13.0 Å². The molecule has 1 aromatic heterocycles. The van der Waals surface area contributed by atoms with Crippen LogP contribution in [0.4, 0.5) is 5.82 Å². The minimum atomic E-state index is -0.0904. The zero-order chi connectivity index (χ0) is 18.3. The van der Waals surface area contributed by atoms with Crippen LogP contribution in [0.3, 0.4) is 0 Å². The van der Waals surface area contributed by atoms with Gasteiger partial charge in [0.1, 0.15) is 5.82 Å². The highest BCUT2D eigenvalue weighted by Crippen LogP contribution is 2.25. The lowest BCUT2D eigenvalue weighted by atomic mass is 10.00. The molecule has 0 bridgehead atoms. The molecule has 2 N–H and O–H groups in total. The second kappa shape index (κ2) is 6.68. The van der Waals surface area contributed by atoms with Gasteiger partial charge < -0.3 is 15.5 Å². The molecule has 6 heteroatoms. The van der Waals surface area contributed by atoms with E-state index in [-0.39, 0.29) is 11.9 Å². The second-order valence-corrected chi connectivity index (χ2v) is 7.32. The number of nitrogens with two attached hydrogens (primary N) is 1. The number of hydrogen-bond donors (Lipinski definition) is 1. The number of benzene rings is 1. The minimum absolute atomic E-state index is 0.0904. The molecule has 2 aliphatic heterocycles. The van der Waals surface area contributed by atoms with Gasteiger partial charge in [0.25, 0.3) is 5.91 Å². The van der Waals surface area contributed by atoms with Gasteiger partial charge in [-0.05, 0) is 37.8 Å². The van der Waals surface area contributed by atoms with Crippen molar-refractivity contribution in [1.82, 2.24) is 14.9 Å².